The molecule has 0 bridgehead atoms. The molecule has 0 aliphatic carbocycles. The molecular weight excluding hydrogens is 294 g/mol. The summed E-state index contributed by atoms with van der Waals surface area (Å²) in [4.78, 5) is 0. The molecule has 1 aliphatic rings. The van der Waals surface area contributed by atoms with Crippen molar-refractivity contribution in [3.63, 3.8) is 0 Å². The van der Waals surface area contributed by atoms with Crippen LogP contribution in [0.15, 0.2) is 36.4 Å². The van der Waals surface area contributed by atoms with E-state index >= 15 is 0 Å². The van der Waals surface area contributed by atoms with Gasteiger partial charge in [0.1, 0.15) is 18.8 Å². The topological polar surface area (TPSA) is 61.8 Å². The molecule has 1 heterocycles. The van der Waals surface area contributed by atoms with Crippen LogP contribution in [0.1, 0.15) is 16.7 Å². The molecule has 1 atom stereocenters. The molecule has 0 spiro atoms. The first kappa shape index (κ1) is 15.6. The first-order chi connectivity index (χ1) is 11.0. The number of rotatable bonds is 4. The zero-order chi connectivity index (χ0) is 16.4. The fourth-order valence-corrected chi connectivity index (χ4v) is 3.11. The Labute approximate surface area is 135 Å². The van der Waals surface area contributed by atoms with Crippen LogP contribution in [0.3, 0.4) is 0 Å². The zero-order valence-corrected chi connectivity index (χ0v) is 13.4. The fraction of sp³-hybridized carbons (Fsp3) is 0.333. The van der Waals surface area contributed by atoms with E-state index in [9.17, 15) is 10.3 Å². The van der Waals surface area contributed by atoms with Crippen molar-refractivity contribution in [1.29, 1.82) is 0 Å². The second-order valence-electron chi connectivity index (χ2n) is 5.99. The number of aromatic hydroxyl groups is 1. The zero-order valence-electron chi connectivity index (χ0n) is 13.4. The minimum absolute atomic E-state index is 0.0872. The molecule has 1 aliphatic heterocycles. The Morgan fingerprint density at radius 3 is 2.48 bits per heavy atom. The molecule has 122 valence electrons. The van der Waals surface area contributed by atoms with Gasteiger partial charge in [-0.2, -0.15) is 0 Å². The van der Waals surface area contributed by atoms with E-state index in [1.54, 1.807) is 13.2 Å². The average molecular weight is 315 g/mol. The number of methoxy groups -OCH3 is 2. The van der Waals surface area contributed by atoms with Crippen LogP contribution in [0.2, 0.25) is 0 Å². The highest BCUT2D eigenvalue weighted by Crippen LogP contribution is 2.35. The summed E-state index contributed by atoms with van der Waals surface area (Å²) in [7, 11) is 3.15. The standard InChI is InChI=1S/C18H21NO4/c1-22-16-5-3-13(4-6-16)11-19(21)8-7-14-10-18(23-2)17(20)9-15(14)12-19/h3-6,9-10,20H,7-8,11-12H2,1-2H3. The molecule has 2 aromatic carbocycles. The summed E-state index contributed by atoms with van der Waals surface area (Å²) in [6.45, 7) is 1.29. The Kier molecular flexibility index (Phi) is 4.15. The summed E-state index contributed by atoms with van der Waals surface area (Å²) < 4.78 is 9.96. The highest BCUT2D eigenvalue weighted by molar-refractivity contribution is 5.47. The van der Waals surface area contributed by atoms with Crippen molar-refractivity contribution in [3.8, 4) is 17.2 Å². The van der Waals surface area contributed by atoms with Gasteiger partial charge < -0.3 is 24.4 Å². The lowest BCUT2D eigenvalue weighted by Gasteiger charge is -2.46. The van der Waals surface area contributed by atoms with Crippen molar-refractivity contribution in [3.05, 3.63) is 58.3 Å². The number of hydroxylamine groups is 3. The summed E-state index contributed by atoms with van der Waals surface area (Å²) in [5.74, 6) is 1.33. The molecule has 0 fully saturated rings. The molecule has 5 heteroatoms. The van der Waals surface area contributed by atoms with Crippen LogP contribution in [-0.4, -0.2) is 30.5 Å². The van der Waals surface area contributed by atoms with Gasteiger partial charge >= 0.3 is 0 Å². The third-order valence-electron chi connectivity index (χ3n) is 4.38. The van der Waals surface area contributed by atoms with Crippen LogP contribution in [0.25, 0.3) is 0 Å². The summed E-state index contributed by atoms with van der Waals surface area (Å²) in [6, 6.07) is 11.1. The lowest BCUT2D eigenvalue weighted by atomic mass is 9.98. The van der Waals surface area contributed by atoms with Gasteiger partial charge in [0.15, 0.2) is 11.5 Å². The number of ether oxygens (including phenoxy) is 2. The SMILES string of the molecule is COc1ccc(C[N+]2([O-])CCc3cc(OC)c(O)cc3C2)cc1. The second kappa shape index (κ2) is 6.10. The van der Waals surface area contributed by atoms with Crippen LogP contribution >= 0.6 is 0 Å². The van der Waals surface area contributed by atoms with Crippen molar-refractivity contribution < 1.29 is 19.2 Å². The van der Waals surface area contributed by atoms with Gasteiger partial charge in [0.2, 0.25) is 0 Å². The molecule has 23 heavy (non-hydrogen) atoms. The van der Waals surface area contributed by atoms with Gasteiger partial charge in [0, 0.05) is 17.5 Å². The van der Waals surface area contributed by atoms with Crippen molar-refractivity contribution in [2.75, 3.05) is 20.8 Å². The predicted octanol–water partition coefficient (Wildman–Crippen LogP) is 2.98. The third-order valence-corrected chi connectivity index (χ3v) is 4.38. The normalized spacial score (nSPS) is 20.0. The molecule has 5 nitrogen and oxygen atoms in total. The van der Waals surface area contributed by atoms with E-state index in [1.165, 1.54) is 7.11 Å². The fourth-order valence-electron chi connectivity index (χ4n) is 3.11. The number of phenolic OH excluding ortho intramolecular Hbond substituents is 1. The number of quaternary nitrogens is 1. The van der Waals surface area contributed by atoms with E-state index in [0.717, 1.165) is 22.4 Å². The Morgan fingerprint density at radius 2 is 1.83 bits per heavy atom. The number of hydrogen-bond donors (Lipinski definition) is 1. The molecule has 3 rings (SSSR count). The van der Waals surface area contributed by atoms with Gasteiger partial charge in [0.05, 0.1) is 20.8 Å². The number of nitrogens with zero attached hydrogens (tertiary/aromatic N) is 1. The third kappa shape index (κ3) is 3.25. The van der Waals surface area contributed by atoms with E-state index in [4.69, 9.17) is 9.47 Å². The smallest absolute Gasteiger partial charge is 0.160 e. The average Bonchev–Trinajstić information content (AvgIpc) is 2.54. The first-order valence-electron chi connectivity index (χ1n) is 7.62. The number of benzene rings is 2. The summed E-state index contributed by atoms with van der Waals surface area (Å²) in [6.07, 6.45) is 0.686. The highest BCUT2D eigenvalue weighted by atomic mass is 16.5. The quantitative estimate of drug-likeness (QED) is 0.696. The Bertz CT molecular complexity index is 699. The maximum Gasteiger partial charge on any atom is 0.160 e. The summed E-state index contributed by atoms with van der Waals surface area (Å²) >= 11 is 0. The van der Waals surface area contributed by atoms with Crippen LogP contribution < -0.4 is 9.47 Å². The predicted molar refractivity (Wildman–Crippen MR) is 87.3 cm³/mol. The molecular formula is C18H21NO4. The minimum Gasteiger partial charge on any atom is -0.632 e. The molecule has 0 amide bonds. The van der Waals surface area contributed by atoms with Crippen LogP contribution in [0.5, 0.6) is 17.2 Å². The maximum absolute atomic E-state index is 13.1. The number of fused-ring (bicyclic) bond motifs is 1. The minimum atomic E-state index is -0.314. The monoisotopic (exact) mass is 315 g/mol. The molecule has 0 radical (unpaired) electrons. The van der Waals surface area contributed by atoms with Crippen molar-refractivity contribution in [2.45, 2.75) is 19.5 Å². The van der Waals surface area contributed by atoms with Gasteiger partial charge in [-0.25, -0.2) is 0 Å². The molecule has 0 aromatic heterocycles. The van der Waals surface area contributed by atoms with E-state index in [0.29, 0.717) is 31.8 Å². The molecule has 0 saturated carbocycles. The molecule has 2 aromatic rings. The lowest BCUT2D eigenvalue weighted by molar-refractivity contribution is -0.909. The van der Waals surface area contributed by atoms with E-state index < -0.39 is 0 Å². The van der Waals surface area contributed by atoms with E-state index in [-0.39, 0.29) is 10.4 Å². The van der Waals surface area contributed by atoms with Crippen molar-refractivity contribution in [2.24, 2.45) is 0 Å². The number of phenols is 1. The van der Waals surface area contributed by atoms with Gasteiger partial charge in [-0.05, 0) is 42.0 Å². The Morgan fingerprint density at radius 1 is 1.09 bits per heavy atom. The van der Waals surface area contributed by atoms with Gasteiger partial charge in [-0.3, -0.25) is 0 Å². The van der Waals surface area contributed by atoms with Gasteiger partial charge in [0.25, 0.3) is 0 Å². The number of hydrogen-bond acceptors (Lipinski definition) is 4. The van der Waals surface area contributed by atoms with Crippen LogP contribution in [0, 0.1) is 5.21 Å². The van der Waals surface area contributed by atoms with Crippen molar-refractivity contribution in [1.82, 2.24) is 0 Å². The first-order valence-corrected chi connectivity index (χ1v) is 7.62. The van der Waals surface area contributed by atoms with Crippen LogP contribution in [-0.2, 0) is 19.5 Å². The summed E-state index contributed by atoms with van der Waals surface area (Å²) in [5.41, 5.74) is 2.97. The molecule has 1 unspecified atom stereocenters. The maximum atomic E-state index is 13.1. The van der Waals surface area contributed by atoms with Crippen molar-refractivity contribution >= 4 is 0 Å². The lowest BCUT2D eigenvalue weighted by Crippen LogP contribution is -2.45. The molecule has 0 saturated heterocycles. The van der Waals surface area contributed by atoms with E-state index in [2.05, 4.69) is 0 Å². The molecule has 1 N–H and O–H groups in total. The summed E-state index contributed by atoms with van der Waals surface area (Å²) in [5, 5.41) is 23.0. The highest BCUT2D eigenvalue weighted by Gasteiger charge is 2.27. The Hall–Kier alpha value is -2.24. The van der Waals surface area contributed by atoms with Crippen LogP contribution in [0.4, 0.5) is 0 Å². The Balaban J connectivity index is 1.80. The van der Waals surface area contributed by atoms with E-state index in [1.807, 2.05) is 30.3 Å². The van der Waals surface area contributed by atoms with Gasteiger partial charge in [-0.15, -0.1) is 0 Å². The second-order valence-corrected chi connectivity index (χ2v) is 5.99. The van der Waals surface area contributed by atoms with Gasteiger partial charge in [-0.1, -0.05) is 0 Å². The largest absolute Gasteiger partial charge is 0.632 e.